The third-order valence-electron chi connectivity index (χ3n) is 7.50. The minimum atomic E-state index is -4.67. The molecule has 1 saturated heterocycles. The van der Waals surface area contributed by atoms with Gasteiger partial charge in [0.1, 0.15) is 5.69 Å². The number of halogens is 4. The molecule has 0 bridgehead atoms. The molecule has 16 heteroatoms. The summed E-state index contributed by atoms with van der Waals surface area (Å²) in [4.78, 5) is 39.9. The predicted octanol–water partition coefficient (Wildman–Crippen LogP) is 5.12. The summed E-state index contributed by atoms with van der Waals surface area (Å²) in [6.07, 6.45) is -1.09. The number of anilines is 2. The van der Waals surface area contributed by atoms with E-state index in [1.165, 1.54) is 16.9 Å². The second-order valence-electron chi connectivity index (χ2n) is 11.0. The summed E-state index contributed by atoms with van der Waals surface area (Å²) in [7, 11) is 0. The van der Waals surface area contributed by atoms with Gasteiger partial charge >= 0.3 is 12.1 Å². The van der Waals surface area contributed by atoms with Gasteiger partial charge in [0.05, 0.1) is 40.8 Å². The van der Waals surface area contributed by atoms with Crippen molar-refractivity contribution < 1.29 is 37.8 Å². The number of carboxylic acids is 1. The first-order valence-corrected chi connectivity index (χ1v) is 15.1. The molecule has 1 atom stereocenters. The highest BCUT2D eigenvalue weighted by Gasteiger charge is 2.33. The number of aromatic nitrogens is 3. The van der Waals surface area contributed by atoms with Crippen LogP contribution in [-0.4, -0.2) is 62.3 Å². The molecule has 12 nitrogen and oxygen atoms in total. The van der Waals surface area contributed by atoms with Crippen molar-refractivity contribution in [2.75, 3.05) is 23.3 Å². The predicted molar refractivity (Wildman–Crippen MR) is 170 cm³/mol. The molecule has 2 amide bonds. The summed E-state index contributed by atoms with van der Waals surface area (Å²) < 4.78 is 41.1. The Hall–Kier alpha value is -5.28. The van der Waals surface area contributed by atoms with Crippen LogP contribution >= 0.6 is 11.6 Å². The number of aliphatic hydroxyl groups excluding tert-OH is 1. The van der Waals surface area contributed by atoms with E-state index in [1.54, 1.807) is 42.5 Å². The molecule has 5 rings (SSSR count). The molecular formula is C32H29ClF3N7O5. The third kappa shape index (κ3) is 8.35. The maximum Gasteiger partial charge on any atom is 0.417 e. The number of hydrazone groups is 1. The molecule has 4 aromatic rings. The van der Waals surface area contributed by atoms with Crippen LogP contribution in [0.4, 0.5) is 24.5 Å². The van der Waals surface area contributed by atoms with Crippen molar-refractivity contribution in [2.45, 2.75) is 38.1 Å². The molecule has 0 radical (unpaired) electrons. The summed E-state index contributed by atoms with van der Waals surface area (Å²) >= 11 is 5.69. The van der Waals surface area contributed by atoms with Gasteiger partial charge in [-0.3, -0.25) is 9.59 Å². The number of rotatable bonds is 10. The molecule has 0 aliphatic carbocycles. The fraction of sp³-hybridized carbons (Fsp3) is 0.250. The Morgan fingerprint density at radius 2 is 1.79 bits per heavy atom. The fourth-order valence-corrected chi connectivity index (χ4v) is 5.30. The number of nitrogens with zero attached hydrogens (tertiary/aromatic N) is 5. The van der Waals surface area contributed by atoms with E-state index in [0.717, 1.165) is 56.4 Å². The number of alkyl halides is 3. The maximum absolute atomic E-state index is 13.4. The quantitative estimate of drug-likeness (QED) is 0.132. The Balaban J connectivity index is 1.35. The van der Waals surface area contributed by atoms with Gasteiger partial charge in [-0.05, 0) is 72.9 Å². The van der Waals surface area contributed by atoms with Crippen LogP contribution in [0.3, 0.4) is 0 Å². The Morgan fingerprint density at radius 1 is 1.02 bits per heavy atom. The molecule has 1 unspecified atom stereocenters. The van der Waals surface area contributed by atoms with Crippen molar-refractivity contribution in [2.24, 2.45) is 5.10 Å². The average Bonchev–Trinajstić information content (AvgIpc) is 3.53. The molecule has 1 aromatic heterocycles. The van der Waals surface area contributed by atoms with E-state index in [0.29, 0.717) is 5.56 Å². The molecule has 4 N–H and O–H groups in total. The van der Waals surface area contributed by atoms with Gasteiger partial charge < -0.3 is 20.4 Å². The number of aliphatic carboxylic acids is 1. The lowest BCUT2D eigenvalue weighted by Crippen LogP contribution is -2.30. The number of nitrogens with one attached hydrogen (secondary N) is 2. The highest BCUT2D eigenvalue weighted by Crippen LogP contribution is 2.35. The van der Waals surface area contributed by atoms with Gasteiger partial charge in [0, 0.05) is 24.3 Å². The van der Waals surface area contributed by atoms with Crippen LogP contribution in [0.15, 0.2) is 72.0 Å². The lowest BCUT2D eigenvalue weighted by molar-refractivity contribution is -0.147. The van der Waals surface area contributed by atoms with E-state index in [-0.39, 0.29) is 34.6 Å². The minimum absolute atomic E-state index is 0.0580. The van der Waals surface area contributed by atoms with E-state index < -0.39 is 40.7 Å². The van der Waals surface area contributed by atoms with Crippen molar-refractivity contribution in [1.29, 1.82) is 0 Å². The summed E-state index contributed by atoms with van der Waals surface area (Å²) in [6, 6.07) is 14.7. The molecule has 48 heavy (non-hydrogen) atoms. The lowest BCUT2D eigenvalue weighted by atomic mass is 10.1. The molecule has 250 valence electrons. The maximum atomic E-state index is 13.4. The first-order chi connectivity index (χ1) is 22.9. The molecule has 1 aliphatic heterocycles. The first kappa shape index (κ1) is 34.1. The standard InChI is InChI=1S/C32H29ClF3N7O5/c33-25-9-7-19(14-24(25)32(34,35)36)16-37-40-30(46)23-15-22(42-11-2-1-3-12-42)8-10-26(23)38-29(45)21-6-4-5-20(13-21)17-43-18-27(39-41-43)28(44)31(47)48/h4-10,13-16,18,28,44H,1-3,11-12,17H2,(H,38,45)(H,40,46)(H,47,48)/b37-16-. The Labute approximate surface area is 276 Å². The minimum Gasteiger partial charge on any atom is -0.479 e. The largest absolute Gasteiger partial charge is 0.479 e. The zero-order valence-corrected chi connectivity index (χ0v) is 25.9. The Bertz CT molecular complexity index is 1860. The van der Waals surface area contributed by atoms with Gasteiger partial charge in [0.15, 0.2) is 6.10 Å². The zero-order chi connectivity index (χ0) is 34.4. The van der Waals surface area contributed by atoms with E-state index >= 15 is 0 Å². The smallest absolute Gasteiger partial charge is 0.417 e. The van der Waals surface area contributed by atoms with E-state index in [2.05, 4.69) is 31.1 Å². The van der Waals surface area contributed by atoms with Crippen LogP contribution in [0.2, 0.25) is 5.02 Å². The van der Waals surface area contributed by atoms with E-state index in [9.17, 15) is 32.7 Å². The van der Waals surface area contributed by atoms with Gasteiger partial charge in [0.2, 0.25) is 0 Å². The number of hydrogen-bond acceptors (Lipinski definition) is 8. The number of benzene rings is 3. The number of carbonyl (C=O) groups excluding carboxylic acids is 2. The van der Waals surface area contributed by atoms with Gasteiger partial charge in [-0.15, -0.1) is 5.10 Å². The number of amides is 2. The average molecular weight is 684 g/mol. The summed E-state index contributed by atoms with van der Waals surface area (Å²) in [5.41, 5.74) is 3.09. The lowest BCUT2D eigenvalue weighted by Gasteiger charge is -2.29. The molecule has 0 spiro atoms. The first-order valence-electron chi connectivity index (χ1n) is 14.7. The zero-order valence-electron chi connectivity index (χ0n) is 25.1. The summed E-state index contributed by atoms with van der Waals surface area (Å²) in [5, 5.41) is 32.3. The number of carboxylic acid groups (broad SMARTS) is 1. The highest BCUT2D eigenvalue weighted by molar-refractivity contribution is 6.31. The highest BCUT2D eigenvalue weighted by atomic mass is 35.5. The number of aliphatic hydroxyl groups is 1. The van der Waals surface area contributed by atoms with Crippen molar-refractivity contribution in [3.63, 3.8) is 0 Å². The van der Waals surface area contributed by atoms with Crippen molar-refractivity contribution in [3.8, 4) is 0 Å². The molecular weight excluding hydrogens is 655 g/mol. The van der Waals surface area contributed by atoms with Crippen LogP contribution in [-0.2, 0) is 17.5 Å². The van der Waals surface area contributed by atoms with E-state index in [4.69, 9.17) is 16.7 Å². The molecule has 1 aliphatic rings. The number of hydrogen-bond donors (Lipinski definition) is 4. The second-order valence-corrected chi connectivity index (χ2v) is 11.4. The van der Waals surface area contributed by atoms with Crippen molar-refractivity contribution in [3.05, 3.63) is 105 Å². The van der Waals surface area contributed by atoms with Crippen LogP contribution in [0.5, 0.6) is 0 Å². The number of piperidine rings is 1. The van der Waals surface area contributed by atoms with Crippen LogP contribution < -0.4 is 15.6 Å². The van der Waals surface area contributed by atoms with Crippen LogP contribution in [0, 0.1) is 0 Å². The normalized spacial score (nSPS) is 14.1. The van der Waals surface area contributed by atoms with Gasteiger partial charge in [-0.25, -0.2) is 14.9 Å². The SMILES string of the molecule is O=C(Nc1ccc(N2CCCCC2)cc1C(=O)N/N=C\c1ccc(Cl)c(C(F)(F)F)c1)c1cccc(Cn2cc(C(O)C(=O)O)nn2)c1. The number of carbonyl (C=O) groups is 3. The van der Waals surface area contributed by atoms with Gasteiger partial charge in [-0.2, -0.15) is 18.3 Å². The fourth-order valence-electron chi connectivity index (χ4n) is 5.08. The van der Waals surface area contributed by atoms with Crippen molar-refractivity contribution >= 4 is 47.0 Å². The third-order valence-corrected chi connectivity index (χ3v) is 7.83. The van der Waals surface area contributed by atoms with Gasteiger partial charge in [-0.1, -0.05) is 35.0 Å². The Morgan fingerprint density at radius 3 is 2.52 bits per heavy atom. The second kappa shape index (κ2) is 14.6. The summed E-state index contributed by atoms with van der Waals surface area (Å²) in [5.74, 6) is -2.71. The Kier molecular flexibility index (Phi) is 10.4. The van der Waals surface area contributed by atoms with Crippen molar-refractivity contribution in [1.82, 2.24) is 20.4 Å². The molecule has 0 saturated carbocycles. The van der Waals surface area contributed by atoms with Gasteiger partial charge in [0.25, 0.3) is 11.8 Å². The van der Waals surface area contributed by atoms with E-state index in [1.807, 2.05) is 0 Å². The van der Waals surface area contributed by atoms with Crippen LogP contribution in [0.1, 0.15) is 68.5 Å². The molecule has 2 heterocycles. The van der Waals surface area contributed by atoms with Crippen LogP contribution in [0.25, 0.3) is 0 Å². The molecule has 3 aromatic carbocycles. The summed E-state index contributed by atoms with van der Waals surface area (Å²) in [6.45, 7) is 1.70. The topological polar surface area (TPSA) is 162 Å². The monoisotopic (exact) mass is 683 g/mol. The molecule has 1 fully saturated rings.